The van der Waals surface area contributed by atoms with Gasteiger partial charge in [0.1, 0.15) is 5.84 Å². The number of carbonyl (C=O) groups excluding carboxylic acids is 1. The Morgan fingerprint density at radius 1 is 1.39 bits per heavy atom. The SMILES string of the molecule is CC(C)(C)NC(=O)NC1CCN(CC(=N)N)CC1. The highest BCUT2D eigenvalue weighted by atomic mass is 16.2. The fraction of sp³-hybridized carbons (Fsp3) is 0.833. The van der Waals surface area contributed by atoms with Gasteiger partial charge in [-0.3, -0.25) is 10.3 Å². The standard InChI is InChI=1S/C12H25N5O/c1-12(2,3)16-11(18)15-9-4-6-17(7-5-9)8-10(13)14/h9H,4-8H2,1-3H3,(H3,13,14)(H2,15,16,18). The first-order valence-corrected chi connectivity index (χ1v) is 6.40. The Kier molecular flexibility index (Phi) is 4.95. The molecule has 0 aliphatic carbocycles. The van der Waals surface area contributed by atoms with Gasteiger partial charge in [0.15, 0.2) is 0 Å². The molecule has 0 aromatic carbocycles. The average molecular weight is 255 g/mol. The van der Waals surface area contributed by atoms with Crippen molar-refractivity contribution in [3.63, 3.8) is 0 Å². The fourth-order valence-corrected chi connectivity index (χ4v) is 2.04. The van der Waals surface area contributed by atoms with E-state index in [9.17, 15) is 4.79 Å². The quantitative estimate of drug-likeness (QED) is 0.436. The lowest BCUT2D eigenvalue weighted by Crippen LogP contribution is -2.52. The van der Waals surface area contributed by atoms with Crippen molar-refractivity contribution in [2.75, 3.05) is 19.6 Å². The highest BCUT2D eigenvalue weighted by Crippen LogP contribution is 2.10. The molecule has 1 aliphatic heterocycles. The van der Waals surface area contributed by atoms with E-state index in [2.05, 4.69) is 15.5 Å². The van der Waals surface area contributed by atoms with Gasteiger partial charge >= 0.3 is 6.03 Å². The van der Waals surface area contributed by atoms with Crippen molar-refractivity contribution in [2.45, 2.75) is 45.2 Å². The van der Waals surface area contributed by atoms with Crippen LogP contribution in [-0.4, -0.2) is 48.0 Å². The summed E-state index contributed by atoms with van der Waals surface area (Å²) in [5.74, 6) is 0.201. The van der Waals surface area contributed by atoms with Crippen molar-refractivity contribution >= 4 is 11.9 Å². The number of hydrogen-bond acceptors (Lipinski definition) is 3. The predicted octanol–water partition coefficient (Wildman–Crippen LogP) is 0.484. The number of hydrogen-bond donors (Lipinski definition) is 4. The smallest absolute Gasteiger partial charge is 0.315 e. The Bertz CT molecular complexity index is 302. The van der Waals surface area contributed by atoms with E-state index in [0.29, 0.717) is 6.54 Å². The molecule has 0 spiro atoms. The van der Waals surface area contributed by atoms with Gasteiger partial charge in [0.2, 0.25) is 0 Å². The molecule has 0 aromatic rings. The van der Waals surface area contributed by atoms with Gasteiger partial charge in [-0.15, -0.1) is 0 Å². The molecule has 5 N–H and O–H groups in total. The molecule has 0 radical (unpaired) electrons. The second-order valence-electron chi connectivity index (χ2n) is 5.92. The number of amidine groups is 1. The van der Waals surface area contributed by atoms with Gasteiger partial charge < -0.3 is 16.4 Å². The first-order valence-electron chi connectivity index (χ1n) is 6.40. The second kappa shape index (κ2) is 6.04. The summed E-state index contributed by atoms with van der Waals surface area (Å²) in [7, 11) is 0. The van der Waals surface area contributed by atoms with Crippen LogP contribution < -0.4 is 16.4 Å². The summed E-state index contributed by atoms with van der Waals surface area (Å²) in [5.41, 5.74) is 5.16. The molecule has 2 amide bonds. The number of nitrogens with two attached hydrogens (primary N) is 1. The fourth-order valence-electron chi connectivity index (χ4n) is 2.04. The van der Waals surface area contributed by atoms with Crippen molar-refractivity contribution in [3.05, 3.63) is 0 Å². The summed E-state index contributed by atoms with van der Waals surface area (Å²) in [4.78, 5) is 13.8. The third-order valence-electron chi connectivity index (χ3n) is 2.81. The lowest BCUT2D eigenvalue weighted by atomic mass is 10.1. The Morgan fingerprint density at radius 3 is 2.39 bits per heavy atom. The molecule has 1 heterocycles. The normalized spacial score (nSPS) is 18.4. The molecule has 1 aliphatic rings. The number of nitrogens with zero attached hydrogens (tertiary/aromatic N) is 1. The van der Waals surface area contributed by atoms with Crippen LogP contribution in [0.3, 0.4) is 0 Å². The van der Waals surface area contributed by atoms with E-state index in [1.165, 1.54) is 0 Å². The van der Waals surface area contributed by atoms with E-state index in [-0.39, 0.29) is 23.4 Å². The van der Waals surface area contributed by atoms with Crippen LogP contribution in [0.15, 0.2) is 0 Å². The number of nitrogens with one attached hydrogen (secondary N) is 3. The highest BCUT2D eigenvalue weighted by Gasteiger charge is 2.22. The minimum Gasteiger partial charge on any atom is -0.387 e. The molecule has 1 rings (SSSR count). The van der Waals surface area contributed by atoms with Gasteiger partial charge in [-0.1, -0.05) is 0 Å². The number of carbonyl (C=O) groups is 1. The van der Waals surface area contributed by atoms with E-state index < -0.39 is 0 Å². The maximum Gasteiger partial charge on any atom is 0.315 e. The molecule has 6 heteroatoms. The molecule has 0 atom stereocenters. The summed E-state index contributed by atoms with van der Waals surface area (Å²) in [6, 6.07) is 0.114. The van der Waals surface area contributed by atoms with Crippen LogP contribution in [0, 0.1) is 5.41 Å². The summed E-state index contributed by atoms with van der Waals surface area (Å²) in [5, 5.41) is 13.1. The molecule has 0 unspecified atom stereocenters. The monoisotopic (exact) mass is 255 g/mol. The Labute approximate surface area is 109 Å². The summed E-state index contributed by atoms with van der Waals surface area (Å²) in [6.45, 7) is 8.16. The molecule has 0 saturated carbocycles. The van der Waals surface area contributed by atoms with Gasteiger partial charge in [-0.25, -0.2) is 4.79 Å². The first kappa shape index (κ1) is 14.8. The highest BCUT2D eigenvalue weighted by molar-refractivity contribution is 5.79. The molecular formula is C12H25N5O. The zero-order chi connectivity index (χ0) is 13.8. The number of rotatable bonds is 3. The van der Waals surface area contributed by atoms with Crippen LogP contribution >= 0.6 is 0 Å². The maximum atomic E-state index is 11.7. The van der Waals surface area contributed by atoms with Gasteiger partial charge in [0, 0.05) is 24.7 Å². The van der Waals surface area contributed by atoms with Crippen LogP contribution in [0.25, 0.3) is 0 Å². The van der Waals surface area contributed by atoms with E-state index >= 15 is 0 Å². The van der Waals surface area contributed by atoms with Crippen LogP contribution in [-0.2, 0) is 0 Å². The molecular weight excluding hydrogens is 230 g/mol. The number of piperidine rings is 1. The van der Waals surface area contributed by atoms with Crippen molar-refractivity contribution < 1.29 is 4.79 Å². The molecule has 6 nitrogen and oxygen atoms in total. The minimum atomic E-state index is -0.209. The lowest BCUT2D eigenvalue weighted by Gasteiger charge is -2.32. The van der Waals surface area contributed by atoms with Crippen LogP contribution in [0.5, 0.6) is 0 Å². The molecule has 1 fully saturated rings. The van der Waals surface area contributed by atoms with Crippen molar-refractivity contribution in [2.24, 2.45) is 5.73 Å². The zero-order valence-corrected chi connectivity index (χ0v) is 11.5. The van der Waals surface area contributed by atoms with Crippen molar-refractivity contribution in [1.82, 2.24) is 15.5 Å². The number of likely N-dealkylation sites (tertiary alicyclic amines) is 1. The van der Waals surface area contributed by atoms with Crippen molar-refractivity contribution in [1.29, 1.82) is 5.41 Å². The predicted molar refractivity (Wildman–Crippen MR) is 72.8 cm³/mol. The topological polar surface area (TPSA) is 94.2 Å². The largest absolute Gasteiger partial charge is 0.387 e. The summed E-state index contributed by atoms with van der Waals surface area (Å²) in [6.07, 6.45) is 1.82. The third kappa shape index (κ3) is 5.86. The first-order chi connectivity index (χ1) is 8.26. The van der Waals surface area contributed by atoms with Crippen LogP contribution in [0.4, 0.5) is 4.79 Å². The average Bonchev–Trinajstić information content (AvgIpc) is 2.17. The molecule has 0 aromatic heterocycles. The minimum absolute atomic E-state index is 0.104. The Balaban J connectivity index is 2.27. The lowest BCUT2D eigenvalue weighted by molar-refractivity contribution is 0.202. The van der Waals surface area contributed by atoms with Gasteiger partial charge in [-0.05, 0) is 33.6 Å². The number of amides is 2. The van der Waals surface area contributed by atoms with E-state index in [4.69, 9.17) is 11.1 Å². The zero-order valence-electron chi connectivity index (χ0n) is 11.5. The Hall–Kier alpha value is -1.30. The van der Waals surface area contributed by atoms with Crippen LogP contribution in [0.1, 0.15) is 33.6 Å². The van der Waals surface area contributed by atoms with Crippen LogP contribution in [0.2, 0.25) is 0 Å². The van der Waals surface area contributed by atoms with E-state index in [1.807, 2.05) is 20.8 Å². The molecule has 1 saturated heterocycles. The molecule has 104 valence electrons. The van der Waals surface area contributed by atoms with Crippen molar-refractivity contribution in [3.8, 4) is 0 Å². The van der Waals surface area contributed by atoms with Gasteiger partial charge in [0.25, 0.3) is 0 Å². The van der Waals surface area contributed by atoms with Gasteiger partial charge in [-0.2, -0.15) is 0 Å². The summed E-state index contributed by atoms with van der Waals surface area (Å²) < 4.78 is 0. The maximum absolute atomic E-state index is 11.7. The van der Waals surface area contributed by atoms with E-state index in [1.54, 1.807) is 0 Å². The number of urea groups is 1. The Morgan fingerprint density at radius 2 is 1.94 bits per heavy atom. The molecule has 18 heavy (non-hydrogen) atoms. The second-order valence-corrected chi connectivity index (χ2v) is 5.92. The summed E-state index contributed by atoms with van der Waals surface area (Å²) >= 11 is 0. The van der Waals surface area contributed by atoms with Gasteiger partial charge in [0.05, 0.1) is 6.54 Å². The van der Waals surface area contributed by atoms with E-state index in [0.717, 1.165) is 25.9 Å². The third-order valence-corrected chi connectivity index (χ3v) is 2.81. The molecule has 0 bridgehead atoms.